The maximum atomic E-state index is 11.7. The highest BCUT2D eigenvalue weighted by atomic mass is 16.3. The number of carbonyl (C=O) groups is 1. The Morgan fingerprint density at radius 3 is 2.76 bits per heavy atom. The molecule has 0 aliphatic heterocycles. The van der Waals surface area contributed by atoms with Gasteiger partial charge in [0.2, 0.25) is 0 Å². The second kappa shape index (κ2) is 5.36. The van der Waals surface area contributed by atoms with Crippen molar-refractivity contribution in [3.63, 3.8) is 0 Å². The molecule has 2 N–H and O–H groups in total. The Morgan fingerprint density at radius 2 is 2.18 bits per heavy atom. The molecule has 0 spiro atoms. The molecule has 1 fully saturated rings. The fraction of sp³-hybridized carbons (Fsp3) is 0.615. The highest BCUT2D eigenvalue weighted by molar-refractivity contribution is 5.93. The molecule has 1 heterocycles. The molecule has 0 aromatic carbocycles. The lowest BCUT2D eigenvalue weighted by Gasteiger charge is -2.25. The van der Waals surface area contributed by atoms with Crippen molar-refractivity contribution in [2.45, 2.75) is 38.7 Å². The molecule has 1 aliphatic rings. The average molecular weight is 237 g/mol. The van der Waals surface area contributed by atoms with Crippen LogP contribution in [-0.2, 0) is 0 Å². The van der Waals surface area contributed by atoms with Crippen molar-refractivity contribution in [3.05, 3.63) is 23.7 Å². The van der Waals surface area contributed by atoms with Crippen LogP contribution in [0.4, 0.5) is 0 Å². The van der Waals surface area contributed by atoms with Gasteiger partial charge in [-0.1, -0.05) is 0 Å². The Bertz CT molecular complexity index is 378. The van der Waals surface area contributed by atoms with Crippen LogP contribution in [0.5, 0.6) is 0 Å². The van der Waals surface area contributed by atoms with Crippen LogP contribution < -0.4 is 5.32 Å². The second-order valence-electron chi connectivity index (χ2n) is 4.83. The maximum Gasteiger partial charge on any atom is 0.254 e. The molecular formula is C13H19NO3. The van der Waals surface area contributed by atoms with Gasteiger partial charge in [0.15, 0.2) is 0 Å². The van der Waals surface area contributed by atoms with E-state index in [1.54, 1.807) is 6.07 Å². The number of hydrogen-bond donors (Lipinski definition) is 2. The van der Waals surface area contributed by atoms with E-state index >= 15 is 0 Å². The molecule has 2 rings (SSSR count). The number of furan rings is 1. The van der Waals surface area contributed by atoms with Crippen molar-refractivity contribution in [2.24, 2.45) is 5.92 Å². The molecule has 1 aromatic heterocycles. The number of aliphatic hydroxyl groups is 1. The zero-order valence-electron chi connectivity index (χ0n) is 10.1. The third kappa shape index (κ3) is 3.33. The topological polar surface area (TPSA) is 62.5 Å². The average Bonchev–Trinajstić information content (AvgIpc) is 2.75. The first kappa shape index (κ1) is 12.2. The fourth-order valence-electron chi connectivity index (χ4n) is 2.25. The van der Waals surface area contributed by atoms with E-state index in [1.807, 2.05) is 6.92 Å². The summed E-state index contributed by atoms with van der Waals surface area (Å²) < 4.78 is 5.10. The number of rotatable bonds is 3. The zero-order valence-corrected chi connectivity index (χ0v) is 10.1. The SMILES string of the molecule is Cc1cc(C(=O)NCC2CCC(O)CC2)co1. The number of amides is 1. The number of aliphatic hydroxyl groups excluding tert-OH is 1. The quantitative estimate of drug-likeness (QED) is 0.843. The summed E-state index contributed by atoms with van der Waals surface area (Å²) in [6, 6.07) is 1.74. The molecule has 4 nitrogen and oxygen atoms in total. The first-order valence-electron chi connectivity index (χ1n) is 6.16. The number of nitrogens with one attached hydrogen (secondary N) is 1. The van der Waals surface area contributed by atoms with Gasteiger partial charge in [-0.25, -0.2) is 0 Å². The maximum absolute atomic E-state index is 11.7. The Balaban J connectivity index is 1.76. The van der Waals surface area contributed by atoms with E-state index in [4.69, 9.17) is 4.42 Å². The van der Waals surface area contributed by atoms with Crippen molar-refractivity contribution >= 4 is 5.91 Å². The Labute approximate surface area is 101 Å². The van der Waals surface area contributed by atoms with Crippen molar-refractivity contribution < 1.29 is 14.3 Å². The predicted molar refractivity (Wildman–Crippen MR) is 63.7 cm³/mol. The highest BCUT2D eigenvalue weighted by Gasteiger charge is 2.20. The van der Waals surface area contributed by atoms with Crippen LogP contribution in [0.1, 0.15) is 41.8 Å². The van der Waals surface area contributed by atoms with Crippen molar-refractivity contribution in [2.75, 3.05) is 6.54 Å². The number of carbonyl (C=O) groups excluding carboxylic acids is 1. The molecule has 0 saturated heterocycles. The standard InChI is InChI=1S/C13H19NO3/c1-9-6-11(8-17-9)13(16)14-7-10-2-4-12(15)5-3-10/h6,8,10,12,15H,2-5,7H2,1H3,(H,14,16). The van der Waals surface area contributed by atoms with E-state index in [0.717, 1.165) is 31.4 Å². The third-order valence-corrected chi connectivity index (χ3v) is 3.36. The normalized spacial score (nSPS) is 24.6. The molecule has 17 heavy (non-hydrogen) atoms. The van der Waals surface area contributed by atoms with Crippen molar-refractivity contribution in [1.82, 2.24) is 5.32 Å². The van der Waals surface area contributed by atoms with E-state index in [9.17, 15) is 9.90 Å². The summed E-state index contributed by atoms with van der Waals surface area (Å²) in [6.45, 7) is 2.51. The van der Waals surface area contributed by atoms with Gasteiger partial charge in [0, 0.05) is 6.54 Å². The molecule has 0 unspecified atom stereocenters. The minimum atomic E-state index is -0.140. The smallest absolute Gasteiger partial charge is 0.254 e. The van der Waals surface area contributed by atoms with Gasteiger partial charge in [0.1, 0.15) is 12.0 Å². The van der Waals surface area contributed by atoms with E-state index in [2.05, 4.69) is 5.32 Å². The van der Waals surface area contributed by atoms with Crippen molar-refractivity contribution in [3.8, 4) is 0 Å². The lowest BCUT2D eigenvalue weighted by Crippen LogP contribution is -2.31. The summed E-state index contributed by atoms with van der Waals surface area (Å²) in [6.07, 6.45) is 5.03. The Hall–Kier alpha value is -1.29. The van der Waals surface area contributed by atoms with Crippen LogP contribution in [0.3, 0.4) is 0 Å². The Kier molecular flexibility index (Phi) is 3.84. The van der Waals surface area contributed by atoms with E-state index in [1.165, 1.54) is 6.26 Å². The molecule has 4 heteroatoms. The molecule has 0 bridgehead atoms. The fourth-order valence-corrected chi connectivity index (χ4v) is 2.25. The summed E-state index contributed by atoms with van der Waals surface area (Å²) >= 11 is 0. The van der Waals surface area contributed by atoms with Gasteiger partial charge in [-0.05, 0) is 44.6 Å². The summed E-state index contributed by atoms with van der Waals surface area (Å²) in [5.41, 5.74) is 0.582. The second-order valence-corrected chi connectivity index (χ2v) is 4.83. The van der Waals surface area contributed by atoms with Crippen LogP contribution in [0, 0.1) is 12.8 Å². The minimum Gasteiger partial charge on any atom is -0.469 e. The minimum absolute atomic E-state index is 0.0760. The molecular weight excluding hydrogens is 218 g/mol. The number of hydrogen-bond acceptors (Lipinski definition) is 3. The van der Waals surface area contributed by atoms with Crippen LogP contribution in [0.15, 0.2) is 16.7 Å². The van der Waals surface area contributed by atoms with Gasteiger partial charge in [-0.15, -0.1) is 0 Å². The summed E-state index contributed by atoms with van der Waals surface area (Å²) in [7, 11) is 0. The number of aryl methyl sites for hydroxylation is 1. The first-order chi connectivity index (χ1) is 8.15. The molecule has 94 valence electrons. The summed E-state index contributed by atoms with van der Waals surface area (Å²) in [5.74, 6) is 1.17. The van der Waals surface area contributed by atoms with Gasteiger partial charge in [-0.2, -0.15) is 0 Å². The van der Waals surface area contributed by atoms with Crippen LogP contribution >= 0.6 is 0 Å². The van der Waals surface area contributed by atoms with Gasteiger partial charge in [0.05, 0.1) is 11.7 Å². The first-order valence-corrected chi connectivity index (χ1v) is 6.16. The van der Waals surface area contributed by atoms with Gasteiger partial charge in [0.25, 0.3) is 5.91 Å². The third-order valence-electron chi connectivity index (χ3n) is 3.36. The molecule has 1 amide bonds. The van der Waals surface area contributed by atoms with E-state index < -0.39 is 0 Å². The molecule has 1 saturated carbocycles. The predicted octanol–water partition coefficient (Wildman–Crippen LogP) is 1.87. The largest absolute Gasteiger partial charge is 0.469 e. The van der Waals surface area contributed by atoms with Gasteiger partial charge < -0.3 is 14.8 Å². The molecule has 0 atom stereocenters. The van der Waals surface area contributed by atoms with Gasteiger partial charge in [-0.3, -0.25) is 4.79 Å². The molecule has 1 aliphatic carbocycles. The lowest BCUT2D eigenvalue weighted by molar-refractivity contribution is 0.0909. The monoisotopic (exact) mass is 237 g/mol. The van der Waals surface area contributed by atoms with Crippen LogP contribution in [-0.4, -0.2) is 23.7 Å². The Morgan fingerprint density at radius 1 is 1.47 bits per heavy atom. The summed E-state index contributed by atoms with van der Waals surface area (Å²) in [5, 5.41) is 12.3. The van der Waals surface area contributed by atoms with E-state index in [-0.39, 0.29) is 12.0 Å². The molecule has 1 aromatic rings. The van der Waals surface area contributed by atoms with Crippen LogP contribution in [0.25, 0.3) is 0 Å². The van der Waals surface area contributed by atoms with Gasteiger partial charge >= 0.3 is 0 Å². The van der Waals surface area contributed by atoms with Crippen molar-refractivity contribution in [1.29, 1.82) is 0 Å². The zero-order chi connectivity index (χ0) is 12.3. The highest BCUT2D eigenvalue weighted by Crippen LogP contribution is 2.23. The lowest BCUT2D eigenvalue weighted by atomic mass is 9.87. The van der Waals surface area contributed by atoms with Crippen LogP contribution in [0.2, 0.25) is 0 Å². The molecule has 0 radical (unpaired) electrons. The van der Waals surface area contributed by atoms with E-state index in [0.29, 0.717) is 18.0 Å². The summed E-state index contributed by atoms with van der Waals surface area (Å²) in [4.78, 5) is 11.7.